The van der Waals surface area contributed by atoms with Gasteiger partial charge < -0.3 is 15.8 Å². The molecule has 1 amide bonds. The van der Waals surface area contributed by atoms with Gasteiger partial charge in [-0.2, -0.15) is 0 Å². The first kappa shape index (κ1) is 13.8. The summed E-state index contributed by atoms with van der Waals surface area (Å²) in [6.45, 7) is 5.43. The van der Waals surface area contributed by atoms with E-state index < -0.39 is 0 Å². The lowest BCUT2D eigenvalue weighted by Crippen LogP contribution is -2.60. The molecule has 1 aliphatic carbocycles. The molecular formula is C14H26N2O2. The summed E-state index contributed by atoms with van der Waals surface area (Å²) in [5, 5.41) is 3.26. The summed E-state index contributed by atoms with van der Waals surface area (Å²) in [5.41, 5.74) is 5.78. The second-order valence-corrected chi connectivity index (χ2v) is 5.97. The van der Waals surface area contributed by atoms with Gasteiger partial charge in [0.25, 0.3) is 0 Å². The van der Waals surface area contributed by atoms with Gasteiger partial charge in [-0.05, 0) is 32.1 Å². The number of ether oxygens (including phenoxy) is 1. The van der Waals surface area contributed by atoms with Crippen LogP contribution in [0.25, 0.3) is 0 Å². The molecule has 3 N–H and O–H groups in total. The van der Waals surface area contributed by atoms with E-state index >= 15 is 0 Å². The Hall–Kier alpha value is -0.610. The van der Waals surface area contributed by atoms with E-state index in [0.717, 1.165) is 19.3 Å². The molecule has 2 fully saturated rings. The molecule has 0 aromatic carbocycles. The molecule has 1 saturated heterocycles. The van der Waals surface area contributed by atoms with Crippen LogP contribution in [0.1, 0.15) is 46.0 Å². The fraction of sp³-hybridized carbons (Fsp3) is 0.929. The third-order valence-electron chi connectivity index (χ3n) is 4.90. The van der Waals surface area contributed by atoms with Gasteiger partial charge >= 0.3 is 0 Å². The maximum absolute atomic E-state index is 12.4. The Bertz CT molecular complexity index is 308. The summed E-state index contributed by atoms with van der Waals surface area (Å²) >= 11 is 0. The lowest BCUT2D eigenvalue weighted by molar-refractivity contribution is -0.129. The molecule has 0 spiro atoms. The van der Waals surface area contributed by atoms with E-state index in [1.54, 1.807) is 0 Å². The first-order valence-electron chi connectivity index (χ1n) is 7.23. The molecule has 4 atom stereocenters. The molecule has 2 aliphatic rings. The molecule has 0 aromatic rings. The molecule has 0 aromatic heterocycles. The fourth-order valence-corrected chi connectivity index (χ4v) is 3.37. The van der Waals surface area contributed by atoms with E-state index in [9.17, 15) is 4.79 Å². The molecule has 1 aliphatic heterocycles. The number of carbonyl (C=O) groups excluding carboxylic acids is 1. The number of nitrogens with two attached hydrogens (primary N) is 1. The van der Waals surface area contributed by atoms with Gasteiger partial charge in [0.05, 0.1) is 17.6 Å². The van der Waals surface area contributed by atoms with Gasteiger partial charge in [0.1, 0.15) is 0 Å². The Balaban J connectivity index is 2.03. The molecule has 2 rings (SSSR count). The largest absolute Gasteiger partial charge is 0.378 e. The third kappa shape index (κ3) is 2.54. The van der Waals surface area contributed by atoms with Crippen molar-refractivity contribution >= 4 is 5.91 Å². The second kappa shape index (κ2) is 5.57. The number of hydrogen-bond donors (Lipinski definition) is 2. The zero-order valence-electron chi connectivity index (χ0n) is 11.6. The van der Waals surface area contributed by atoms with Crippen molar-refractivity contribution < 1.29 is 9.53 Å². The van der Waals surface area contributed by atoms with Gasteiger partial charge in [-0.3, -0.25) is 4.79 Å². The van der Waals surface area contributed by atoms with Crippen LogP contribution >= 0.6 is 0 Å². The van der Waals surface area contributed by atoms with Crippen LogP contribution in [0, 0.1) is 11.8 Å². The zero-order valence-corrected chi connectivity index (χ0v) is 11.6. The Kier molecular flexibility index (Phi) is 4.28. The molecule has 4 heteroatoms. The molecule has 1 heterocycles. The maximum atomic E-state index is 12.4. The summed E-state index contributed by atoms with van der Waals surface area (Å²) in [6.07, 6.45) is 5.47. The van der Waals surface area contributed by atoms with Gasteiger partial charge in [0.2, 0.25) is 5.91 Å². The van der Waals surface area contributed by atoms with E-state index in [1.165, 1.54) is 12.8 Å². The lowest BCUT2D eigenvalue weighted by Gasteiger charge is -2.43. The van der Waals surface area contributed by atoms with Crippen LogP contribution in [0.4, 0.5) is 0 Å². The smallest absolute Gasteiger partial charge is 0.226 e. The van der Waals surface area contributed by atoms with Crippen molar-refractivity contribution in [3.63, 3.8) is 0 Å². The summed E-state index contributed by atoms with van der Waals surface area (Å²) in [5.74, 6) is 0.611. The van der Waals surface area contributed by atoms with Crippen LogP contribution in [0.3, 0.4) is 0 Å². The van der Waals surface area contributed by atoms with Crippen LogP contribution in [-0.4, -0.2) is 30.7 Å². The minimum atomic E-state index is -0.183. The van der Waals surface area contributed by atoms with Crippen molar-refractivity contribution in [3.8, 4) is 0 Å². The minimum absolute atomic E-state index is 0.00236. The van der Waals surface area contributed by atoms with E-state index in [-0.39, 0.29) is 23.5 Å². The predicted octanol–water partition coefficient (Wildman–Crippen LogP) is 1.44. The Morgan fingerprint density at radius 1 is 1.39 bits per heavy atom. The van der Waals surface area contributed by atoms with Crippen molar-refractivity contribution in [1.29, 1.82) is 0 Å². The standard InChI is InChI=1S/C14H26N2O2/c1-10-5-3-4-7-14(10,9-15)16-13(17)12-6-8-18-11(12)2/h10-12H,3-9,15H2,1-2H3,(H,16,17). The highest BCUT2D eigenvalue weighted by atomic mass is 16.5. The first-order valence-corrected chi connectivity index (χ1v) is 7.23. The van der Waals surface area contributed by atoms with Crippen LogP contribution in [-0.2, 0) is 9.53 Å². The average Bonchev–Trinajstić information content (AvgIpc) is 2.78. The van der Waals surface area contributed by atoms with Crippen molar-refractivity contribution in [2.45, 2.75) is 57.6 Å². The monoisotopic (exact) mass is 254 g/mol. The Morgan fingerprint density at radius 2 is 2.17 bits per heavy atom. The van der Waals surface area contributed by atoms with Crippen LogP contribution in [0.15, 0.2) is 0 Å². The van der Waals surface area contributed by atoms with Gasteiger partial charge in [-0.25, -0.2) is 0 Å². The minimum Gasteiger partial charge on any atom is -0.378 e. The summed E-state index contributed by atoms with van der Waals surface area (Å²) < 4.78 is 5.48. The first-order chi connectivity index (χ1) is 8.59. The molecule has 0 radical (unpaired) electrons. The molecule has 1 saturated carbocycles. The molecule has 104 valence electrons. The van der Waals surface area contributed by atoms with Crippen molar-refractivity contribution in [2.24, 2.45) is 17.6 Å². The van der Waals surface area contributed by atoms with Gasteiger partial charge in [0.15, 0.2) is 0 Å². The van der Waals surface area contributed by atoms with Gasteiger partial charge in [0, 0.05) is 13.2 Å². The second-order valence-electron chi connectivity index (χ2n) is 5.97. The topological polar surface area (TPSA) is 64.3 Å². The number of nitrogens with one attached hydrogen (secondary N) is 1. The van der Waals surface area contributed by atoms with Crippen molar-refractivity contribution in [2.75, 3.05) is 13.2 Å². The quantitative estimate of drug-likeness (QED) is 0.801. The van der Waals surface area contributed by atoms with Crippen molar-refractivity contribution in [1.82, 2.24) is 5.32 Å². The van der Waals surface area contributed by atoms with Crippen LogP contribution < -0.4 is 11.1 Å². The highest BCUT2D eigenvalue weighted by molar-refractivity contribution is 5.80. The number of rotatable bonds is 3. The third-order valence-corrected chi connectivity index (χ3v) is 4.90. The van der Waals surface area contributed by atoms with Crippen molar-refractivity contribution in [3.05, 3.63) is 0 Å². The van der Waals surface area contributed by atoms with Gasteiger partial charge in [-0.1, -0.05) is 19.8 Å². The maximum Gasteiger partial charge on any atom is 0.226 e. The molecule has 4 nitrogen and oxygen atoms in total. The van der Waals surface area contributed by atoms with Gasteiger partial charge in [-0.15, -0.1) is 0 Å². The van der Waals surface area contributed by atoms with E-state index in [0.29, 0.717) is 19.1 Å². The predicted molar refractivity (Wildman–Crippen MR) is 71.1 cm³/mol. The normalized spacial score (nSPS) is 40.7. The zero-order chi connectivity index (χ0) is 13.2. The van der Waals surface area contributed by atoms with E-state index in [4.69, 9.17) is 10.5 Å². The molecular weight excluding hydrogens is 228 g/mol. The van der Waals surface area contributed by atoms with Crippen LogP contribution in [0.2, 0.25) is 0 Å². The number of hydrogen-bond acceptors (Lipinski definition) is 3. The van der Waals surface area contributed by atoms with E-state index in [1.807, 2.05) is 6.92 Å². The molecule has 0 bridgehead atoms. The Morgan fingerprint density at radius 3 is 2.72 bits per heavy atom. The lowest BCUT2D eigenvalue weighted by atomic mass is 9.73. The molecule has 4 unspecified atom stereocenters. The fourth-order valence-electron chi connectivity index (χ4n) is 3.37. The SMILES string of the molecule is CC1OCCC1C(=O)NC1(CN)CCCCC1C. The summed E-state index contributed by atoms with van der Waals surface area (Å²) in [4.78, 5) is 12.4. The Labute approximate surface area is 110 Å². The van der Waals surface area contributed by atoms with E-state index in [2.05, 4.69) is 12.2 Å². The number of amides is 1. The summed E-state index contributed by atoms with van der Waals surface area (Å²) in [6, 6.07) is 0. The highest BCUT2D eigenvalue weighted by Crippen LogP contribution is 2.33. The highest BCUT2D eigenvalue weighted by Gasteiger charge is 2.41. The average molecular weight is 254 g/mol. The van der Waals surface area contributed by atoms with Crippen LogP contribution in [0.5, 0.6) is 0 Å². The molecule has 18 heavy (non-hydrogen) atoms. The number of carbonyl (C=O) groups is 1. The summed E-state index contributed by atoms with van der Waals surface area (Å²) in [7, 11) is 0.